The Morgan fingerprint density at radius 2 is 2.07 bits per heavy atom. The van der Waals surface area contributed by atoms with Crippen molar-refractivity contribution in [1.29, 1.82) is 0 Å². The van der Waals surface area contributed by atoms with Gasteiger partial charge < -0.3 is 19.9 Å². The van der Waals surface area contributed by atoms with E-state index in [1.165, 1.54) is 10.8 Å². The Labute approximate surface area is 154 Å². The minimum atomic E-state index is -1.39. The van der Waals surface area contributed by atoms with Gasteiger partial charge in [0.25, 0.3) is 0 Å². The van der Waals surface area contributed by atoms with Crippen molar-refractivity contribution in [1.82, 2.24) is 9.88 Å². The molecule has 0 spiro atoms. The summed E-state index contributed by atoms with van der Waals surface area (Å²) in [7, 11) is 0. The van der Waals surface area contributed by atoms with Crippen LogP contribution in [0.3, 0.4) is 0 Å². The van der Waals surface area contributed by atoms with Gasteiger partial charge in [0.2, 0.25) is 5.43 Å². The molecular formula is C19H21F2N3O3. The lowest BCUT2D eigenvalue weighted by Crippen LogP contribution is -2.33. The van der Waals surface area contributed by atoms with Crippen LogP contribution in [0.15, 0.2) is 17.1 Å². The molecule has 1 aliphatic carbocycles. The van der Waals surface area contributed by atoms with E-state index in [4.69, 9.17) is 0 Å². The molecule has 4 rings (SSSR count). The summed E-state index contributed by atoms with van der Waals surface area (Å²) in [6.45, 7) is 3.75. The molecule has 1 aromatic heterocycles. The standard InChI is InChI=1S/C19H21F2N3O3/c1-2-22-10-5-6-23(8-10)17-14(20)7-12-16(15(17)21)24(11-3-4-11)9-13(18(12)25)19(26)27/h7,9-11,22H,2-6,8H2,1H3,(H,26,27). The molecule has 2 aromatic rings. The van der Waals surface area contributed by atoms with E-state index in [0.29, 0.717) is 13.1 Å². The highest BCUT2D eigenvalue weighted by atomic mass is 19.1. The summed E-state index contributed by atoms with van der Waals surface area (Å²) in [6, 6.07) is 1.08. The summed E-state index contributed by atoms with van der Waals surface area (Å²) in [4.78, 5) is 25.5. The third-order valence-corrected chi connectivity index (χ3v) is 5.35. The molecule has 8 heteroatoms. The van der Waals surface area contributed by atoms with E-state index in [1.807, 2.05) is 6.92 Å². The third-order valence-electron chi connectivity index (χ3n) is 5.35. The molecule has 144 valence electrons. The first-order chi connectivity index (χ1) is 12.9. The van der Waals surface area contributed by atoms with E-state index < -0.39 is 28.6 Å². The number of nitrogens with zero attached hydrogens (tertiary/aromatic N) is 2. The molecule has 6 nitrogen and oxygen atoms in total. The summed E-state index contributed by atoms with van der Waals surface area (Å²) in [5.74, 6) is -3.02. The summed E-state index contributed by atoms with van der Waals surface area (Å²) < 4.78 is 31.8. The predicted octanol–water partition coefficient (Wildman–Crippen LogP) is 2.50. The SMILES string of the molecule is CCNC1CCN(c2c(F)cc3c(=O)c(C(=O)O)cn(C4CC4)c3c2F)C1. The van der Waals surface area contributed by atoms with Gasteiger partial charge in [-0.15, -0.1) is 0 Å². The smallest absolute Gasteiger partial charge is 0.341 e. The summed E-state index contributed by atoms with van der Waals surface area (Å²) in [5, 5.41) is 12.3. The van der Waals surface area contributed by atoms with E-state index in [9.17, 15) is 19.1 Å². The number of nitrogens with one attached hydrogen (secondary N) is 1. The average Bonchev–Trinajstić information content (AvgIpc) is 3.36. The summed E-state index contributed by atoms with van der Waals surface area (Å²) in [5.41, 5.74) is -1.46. The number of fused-ring (bicyclic) bond motifs is 1. The minimum absolute atomic E-state index is 0.00389. The zero-order valence-electron chi connectivity index (χ0n) is 15.0. The molecule has 0 bridgehead atoms. The maximum absolute atomic E-state index is 15.4. The Kier molecular flexibility index (Phi) is 4.38. The Morgan fingerprint density at radius 3 is 2.70 bits per heavy atom. The number of carbonyl (C=O) groups is 1. The molecule has 2 heterocycles. The number of benzene rings is 1. The Morgan fingerprint density at radius 1 is 1.33 bits per heavy atom. The lowest BCUT2D eigenvalue weighted by molar-refractivity contribution is 0.0695. The van der Waals surface area contributed by atoms with E-state index in [1.54, 1.807) is 4.90 Å². The number of hydrogen-bond acceptors (Lipinski definition) is 4. The van der Waals surface area contributed by atoms with Crippen LogP contribution in [0.5, 0.6) is 0 Å². The van der Waals surface area contributed by atoms with Crippen molar-refractivity contribution < 1.29 is 18.7 Å². The fourth-order valence-electron chi connectivity index (χ4n) is 3.93. The van der Waals surface area contributed by atoms with Crippen LogP contribution in [0.1, 0.15) is 42.6 Å². The van der Waals surface area contributed by atoms with Gasteiger partial charge in [-0.2, -0.15) is 0 Å². The predicted molar refractivity (Wildman–Crippen MR) is 97.6 cm³/mol. The van der Waals surface area contributed by atoms with Gasteiger partial charge in [-0.05, 0) is 31.9 Å². The largest absolute Gasteiger partial charge is 0.477 e. The maximum Gasteiger partial charge on any atom is 0.341 e. The van der Waals surface area contributed by atoms with Gasteiger partial charge in [0.1, 0.15) is 17.1 Å². The van der Waals surface area contributed by atoms with Crippen molar-refractivity contribution in [2.24, 2.45) is 0 Å². The summed E-state index contributed by atoms with van der Waals surface area (Å²) in [6.07, 6.45) is 3.52. The quantitative estimate of drug-likeness (QED) is 0.838. The summed E-state index contributed by atoms with van der Waals surface area (Å²) >= 11 is 0. The van der Waals surface area contributed by atoms with Gasteiger partial charge in [-0.1, -0.05) is 6.92 Å². The van der Waals surface area contributed by atoms with Crippen molar-refractivity contribution in [2.45, 2.75) is 38.3 Å². The van der Waals surface area contributed by atoms with Crippen LogP contribution in [0.2, 0.25) is 0 Å². The molecule has 2 N–H and O–H groups in total. The highest BCUT2D eigenvalue weighted by Crippen LogP contribution is 2.40. The number of pyridine rings is 1. The Balaban J connectivity index is 1.91. The van der Waals surface area contributed by atoms with E-state index in [0.717, 1.165) is 31.9 Å². The molecule has 2 fully saturated rings. The third kappa shape index (κ3) is 2.97. The molecule has 0 radical (unpaired) electrons. The van der Waals surface area contributed by atoms with Gasteiger partial charge in [0.05, 0.1) is 10.9 Å². The van der Waals surface area contributed by atoms with Crippen LogP contribution >= 0.6 is 0 Å². The molecule has 1 saturated heterocycles. The van der Waals surface area contributed by atoms with Gasteiger partial charge in [0.15, 0.2) is 5.82 Å². The molecule has 27 heavy (non-hydrogen) atoms. The first-order valence-electron chi connectivity index (χ1n) is 9.20. The number of aromatic carboxylic acids is 1. The number of anilines is 1. The van der Waals surface area contributed by atoms with Crippen LogP contribution in [0.4, 0.5) is 14.5 Å². The van der Waals surface area contributed by atoms with Gasteiger partial charge in [0, 0.05) is 31.4 Å². The second-order valence-corrected chi connectivity index (χ2v) is 7.22. The van der Waals surface area contributed by atoms with Crippen LogP contribution in [-0.4, -0.2) is 41.3 Å². The van der Waals surface area contributed by atoms with E-state index in [-0.39, 0.29) is 28.7 Å². The van der Waals surface area contributed by atoms with Crippen LogP contribution < -0.4 is 15.6 Å². The maximum atomic E-state index is 15.4. The molecule has 1 unspecified atom stereocenters. The Hall–Kier alpha value is -2.48. The second-order valence-electron chi connectivity index (χ2n) is 7.22. The first kappa shape index (κ1) is 17.9. The molecular weight excluding hydrogens is 356 g/mol. The van der Waals surface area contributed by atoms with Gasteiger partial charge in [-0.3, -0.25) is 4.79 Å². The van der Waals surface area contributed by atoms with Crippen LogP contribution in [0.25, 0.3) is 10.9 Å². The number of hydrogen-bond donors (Lipinski definition) is 2. The number of aromatic nitrogens is 1. The molecule has 1 aliphatic heterocycles. The first-order valence-corrected chi connectivity index (χ1v) is 9.20. The zero-order chi connectivity index (χ0) is 19.3. The normalized spacial score (nSPS) is 19.8. The number of halogens is 2. The topological polar surface area (TPSA) is 74.6 Å². The second kappa shape index (κ2) is 6.60. The lowest BCUT2D eigenvalue weighted by atomic mass is 10.1. The Bertz CT molecular complexity index is 985. The van der Waals surface area contributed by atoms with Crippen molar-refractivity contribution in [3.05, 3.63) is 39.7 Å². The van der Waals surface area contributed by atoms with Crippen molar-refractivity contribution in [2.75, 3.05) is 24.5 Å². The number of rotatable bonds is 5. The number of carboxylic acid groups (broad SMARTS) is 1. The van der Waals surface area contributed by atoms with Crippen molar-refractivity contribution in [3.63, 3.8) is 0 Å². The molecule has 0 amide bonds. The molecule has 2 aliphatic rings. The average molecular weight is 377 g/mol. The van der Waals surface area contributed by atoms with Crippen LogP contribution in [0, 0.1) is 11.6 Å². The highest BCUT2D eigenvalue weighted by molar-refractivity contribution is 5.94. The fraction of sp³-hybridized carbons (Fsp3) is 0.474. The van der Waals surface area contributed by atoms with E-state index in [2.05, 4.69) is 5.32 Å². The molecule has 1 atom stereocenters. The number of likely N-dealkylation sites (N-methyl/N-ethyl adjacent to an activating group) is 1. The van der Waals surface area contributed by atoms with Crippen molar-refractivity contribution in [3.8, 4) is 0 Å². The van der Waals surface area contributed by atoms with E-state index >= 15 is 4.39 Å². The van der Waals surface area contributed by atoms with Crippen molar-refractivity contribution >= 4 is 22.6 Å². The zero-order valence-corrected chi connectivity index (χ0v) is 15.0. The molecule has 1 saturated carbocycles. The fourth-order valence-corrected chi connectivity index (χ4v) is 3.93. The monoisotopic (exact) mass is 377 g/mol. The minimum Gasteiger partial charge on any atom is -0.477 e. The van der Waals surface area contributed by atoms with Gasteiger partial charge >= 0.3 is 5.97 Å². The van der Waals surface area contributed by atoms with Gasteiger partial charge in [-0.25, -0.2) is 13.6 Å². The highest BCUT2D eigenvalue weighted by Gasteiger charge is 2.32. The molecule has 1 aromatic carbocycles. The number of carboxylic acids is 1. The van der Waals surface area contributed by atoms with Crippen LogP contribution in [-0.2, 0) is 0 Å². The lowest BCUT2D eigenvalue weighted by Gasteiger charge is -2.22.